The van der Waals surface area contributed by atoms with Crippen LogP contribution in [0, 0.1) is 0 Å². The molecule has 0 bridgehead atoms. The Morgan fingerprint density at radius 1 is 1.39 bits per heavy atom. The number of nitrogens with zero attached hydrogens (tertiary/aromatic N) is 3. The van der Waals surface area contributed by atoms with Crippen LogP contribution in [0.3, 0.4) is 0 Å². The molecule has 23 heavy (non-hydrogen) atoms. The van der Waals surface area contributed by atoms with Gasteiger partial charge in [0.25, 0.3) is 0 Å². The Bertz CT molecular complexity index is 863. The van der Waals surface area contributed by atoms with Gasteiger partial charge in [-0.3, -0.25) is 15.3 Å². The molecular weight excluding hydrogens is 296 g/mol. The number of aromatic amines is 1. The number of fused-ring (bicyclic) bond motifs is 3. The maximum atomic E-state index is 12.5. The van der Waals surface area contributed by atoms with Crippen molar-refractivity contribution in [3.8, 4) is 11.4 Å². The largest absolute Gasteiger partial charge is 0.474 e. The lowest BCUT2D eigenvalue weighted by Gasteiger charge is -2.21. The Morgan fingerprint density at radius 3 is 3.04 bits per heavy atom. The molecule has 3 atom stereocenters. The number of para-hydroxylation sites is 2. The van der Waals surface area contributed by atoms with Crippen LogP contribution in [0.2, 0.25) is 0 Å². The van der Waals surface area contributed by atoms with E-state index < -0.39 is 6.23 Å². The molecule has 8 nitrogen and oxygen atoms in total. The van der Waals surface area contributed by atoms with Gasteiger partial charge >= 0.3 is 5.69 Å². The first-order chi connectivity index (χ1) is 11.1. The lowest BCUT2D eigenvalue weighted by Crippen LogP contribution is -2.28. The number of rotatable bonds is 3. The molecule has 0 spiro atoms. The number of ether oxygens (including phenoxy) is 1. The molecule has 2 aromatic rings. The molecule has 3 heterocycles. The molecule has 0 aliphatic carbocycles. The molecule has 2 aliphatic heterocycles. The highest BCUT2D eigenvalue weighted by molar-refractivity contribution is 5.53. The van der Waals surface area contributed by atoms with Crippen molar-refractivity contribution in [1.29, 1.82) is 0 Å². The van der Waals surface area contributed by atoms with E-state index in [-0.39, 0.29) is 17.8 Å². The average Bonchev–Trinajstić information content (AvgIpc) is 3.10. The summed E-state index contributed by atoms with van der Waals surface area (Å²) in [5, 5.41) is 11.4. The van der Waals surface area contributed by atoms with Gasteiger partial charge in [0.15, 0.2) is 12.0 Å². The summed E-state index contributed by atoms with van der Waals surface area (Å²) in [5.41, 5.74) is 6.84. The molecule has 0 amide bonds. The molecule has 0 fully saturated rings. The Hall–Kier alpha value is -2.87. The van der Waals surface area contributed by atoms with Crippen molar-refractivity contribution >= 4 is 5.82 Å². The first-order valence-corrected chi connectivity index (χ1v) is 7.35. The molecule has 0 radical (unpaired) electrons. The Morgan fingerprint density at radius 2 is 2.22 bits per heavy atom. The van der Waals surface area contributed by atoms with E-state index in [2.05, 4.69) is 20.5 Å². The van der Waals surface area contributed by atoms with Gasteiger partial charge in [-0.05, 0) is 25.3 Å². The molecule has 0 saturated carbocycles. The summed E-state index contributed by atoms with van der Waals surface area (Å²) in [5.74, 6) is 0.949. The minimum absolute atomic E-state index is 0.0650. The van der Waals surface area contributed by atoms with Gasteiger partial charge in [0.05, 0.1) is 17.3 Å². The highest BCUT2D eigenvalue weighted by Gasteiger charge is 2.35. The van der Waals surface area contributed by atoms with E-state index in [1.807, 2.05) is 30.5 Å². The fraction of sp³-hybridized carbons (Fsp3) is 0.267. The average molecular weight is 312 g/mol. The van der Waals surface area contributed by atoms with Crippen LogP contribution < -0.4 is 21.5 Å². The molecular formula is C15H16N6O2. The van der Waals surface area contributed by atoms with Crippen molar-refractivity contribution < 1.29 is 4.74 Å². The fourth-order valence-corrected chi connectivity index (χ4v) is 2.93. The summed E-state index contributed by atoms with van der Waals surface area (Å²) >= 11 is 0. The quantitative estimate of drug-likeness (QED) is 0.745. The van der Waals surface area contributed by atoms with Crippen LogP contribution in [0.25, 0.3) is 5.69 Å². The minimum Gasteiger partial charge on any atom is -0.474 e. The van der Waals surface area contributed by atoms with Crippen molar-refractivity contribution in [2.75, 3.05) is 0 Å². The van der Waals surface area contributed by atoms with E-state index >= 15 is 0 Å². The predicted octanol–water partition coefficient (Wildman–Crippen LogP) is 1.47. The second-order valence-electron chi connectivity index (χ2n) is 5.50. The maximum absolute atomic E-state index is 12.5. The van der Waals surface area contributed by atoms with E-state index in [9.17, 15) is 4.79 Å². The summed E-state index contributed by atoms with van der Waals surface area (Å²) in [6.07, 6.45) is 3.13. The molecule has 1 aromatic heterocycles. The zero-order chi connectivity index (χ0) is 16.0. The molecule has 4 rings (SSSR count). The monoisotopic (exact) mass is 312 g/mol. The number of azo groups is 1. The molecule has 4 N–H and O–H groups in total. The van der Waals surface area contributed by atoms with Crippen LogP contribution in [0.4, 0.5) is 5.82 Å². The second kappa shape index (κ2) is 5.10. The van der Waals surface area contributed by atoms with Crippen LogP contribution in [0.1, 0.15) is 18.5 Å². The number of nitrogens with two attached hydrogens (primary N) is 1. The summed E-state index contributed by atoms with van der Waals surface area (Å²) in [4.78, 5) is 15.3. The summed E-state index contributed by atoms with van der Waals surface area (Å²) in [6.45, 7) is 1.74. The Kier molecular flexibility index (Phi) is 3.05. The topological polar surface area (TPSA) is 110 Å². The molecule has 1 aromatic carbocycles. The van der Waals surface area contributed by atoms with Gasteiger partial charge < -0.3 is 10.1 Å². The number of aromatic nitrogens is 2. The third kappa shape index (κ3) is 2.15. The summed E-state index contributed by atoms with van der Waals surface area (Å²) in [6, 6.07) is 7.29. The number of H-pyrrole nitrogens is 1. The fourth-order valence-electron chi connectivity index (χ4n) is 2.93. The van der Waals surface area contributed by atoms with E-state index in [4.69, 9.17) is 10.5 Å². The van der Waals surface area contributed by atoms with Gasteiger partial charge in [-0.2, -0.15) is 5.11 Å². The zero-order valence-corrected chi connectivity index (χ0v) is 12.4. The van der Waals surface area contributed by atoms with Crippen LogP contribution >= 0.6 is 0 Å². The standard InChI is InChI=1S/C15H16N6O2/c1-8(16)23-11-5-3-2-4-10(11)21-12-9-6-7-17-13(9)19-20-14(12)18-15(21)22/h2-9,13,17H,16H2,1H3,(H,18,22). The molecule has 0 saturated heterocycles. The van der Waals surface area contributed by atoms with E-state index in [0.717, 1.165) is 5.69 Å². The summed E-state index contributed by atoms with van der Waals surface area (Å²) in [7, 11) is 0. The van der Waals surface area contributed by atoms with Crippen molar-refractivity contribution in [3.63, 3.8) is 0 Å². The number of hydrogen-bond acceptors (Lipinski definition) is 6. The SMILES string of the molecule is CC(N)Oc1ccccc1-n1c2c([nH]c1=O)N=NC1NC=CC21. The van der Waals surface area contributed by atoms with Gasteiger partial charge in [0.2, 0.25) is 0 Å². The van der Waals surface area contributed by atoms with E-state index in [1.54, 1.807) is 17.6 Å². The van der Waals surface area contributed by atoms with Gasteiger partial charge in [0, 0.05) is 0 Å². The third-order valence-electron chi connectivity index (χ3n) is 3.84. The highest BCUT2D eigenvalue weighted by atomic mass is 16.5. The maximum Gasteiger partial charge on any atom is 0.332 e. The highest BCUT2D eigenvalue weighted by Crippen LogP contribution is 2.38. The molecule has 3 unspecified atom stereocenters. The lowest BCUT2D eigenvalue weighted by molar-refractivity contribution is 0.229. The molecule has 8 heteroatoms. The summed E-state index contributed by atoms with van der Waals surface area (Å²) < 4.78 is 7.23. The van der Waals surface area contributed by atoms with E-state index in [1.165, 1.54) is 0 Å². The van der Waals surface area contributed by atoms with Crippen molar-refractivity contribution in [2.24, 2.45) is 16.0 Å². The van der Waals surface area contributed by atoms with Crippen molar-refractivity contribution in [3.05, 3.63) is 52.7 Å². The van der Waals surface area contributed by atoms with Gasteiger partial charge in [-0.25, -0.2) is 4.79 Å². The third-order valence-corrected chi connectivity index (χ3v) is 3.84. The van der Waals surface area contributed by atoms with Crippen LogP contribution in [-0.2, 0) is 0 Å². The van der Waals surface area contributed by atoms with Crippen molar-refractivity contribution in [2.45, 2.75) is 25.2 Å². The van der Waals surface area contributed by atoms with Gasteiger partial charge in [-0.15, -0.1) is 5.11 Å². The second-order valence-corrected chi connectivity index (χ2v) is 5.50. The Balaban J connectivity index is 1.92. The normalized spacial score (nSPS) is 22.3. The van der Waals surface area contributed by atoms with Crippen LogP contribution in [0.15, 0.2) is 51.6 Å². The van der Waals surface area contributed by atoms with Gasteiger partial charge in [0.1, 0.15) is 12.0 Å². The molecule has 2 aliphatic rings. The number of hydrogen-bond donors (Lipinski definition) is 3. The number of nitrogens with one attached hydrogen (secondary N) is 2. The molecule has 118 valence electrons. The van der Waals surface area contributed by atoms with E-state index in [0.29, 0.717) is 17.3 Å². The Labute approximate surface area is 131 Å². The first-order valence-electron chi connectivity index (χ1n) is 7.35. The van der Waals surface area contributed by atoms with Crippen LogP contribution in [-0.4, -0.2) is 21.9 Å². The smallest absolute Gasteiger partial charge is 0.332 e. The zero-order valence-electron chi connectivity index (χ0n) is 12.4. The first kappa shape index (κ1) is 13.8. The number of imidazole rings is 1. The van der Waals surface area contributed by atoms with Crippen LogP contribution in [0.5, 0.6) is 5.75 Å². The lowest BCUT2D eigenvalue weighted by atomic mass is 10.0. The number of benzene rings is 1. The van der Waals surface area contributed by atoms with Gasteiger partial charge in [-0.1, -0.05) is 18.2 Å². The minimum atomic E-state index is -0.484. The van der Waals surface area contributed by atoms with Crippen molar-refractivity contribution in [1.82, 2.24) is 14.9 Å². The predicted molar refractivity (Wildman–Crippen MR) is 84.0 cm³/mol.